The molecule has 0 spiro atoms. The van der Waals surface area contributed by atoms with Crippen LogP contribution in [0, 0.1) is 0 Å². The van der Waals surface area contributed by atoms with Gasteiger partial charge in [-0.25, -0.2) is 0 Å². The summed E-state index contributed by atoms with van der Waals surface area (Å²) in [5.41, 5.74) is 4.74. The molecule has 0 fully saturated rings. The van der Waals surface area contributed by atoms with E-state index in [0.29, 0.717) is 0 Å². The van der Waals surface area contributed by atoms with Crippen LogP contribution < -0.4 is 5.32 Å². The van der Waals surface area contributed by atoms with Crippen LogP contribution in [0.15, 0.2) is 36.8 Å². The summed E-state index contributed by atoms with van der Waals surface area (Å²) in [6, 6.07) is 6.45. The lowest BCUT2D eigenvalue weighted by atomic mass is 10.00. The van der Waals surface area contributed by atoms with E-state index in [1.54, 1.807) is 18.6 Å². The molecule has 1 aliphatic heterocycles. The summed E-state index contributed by atoms with van der Waals surface area (Å²) in [5.74, 6) is 0. The minimum atomic E-state index is 0.941. The largest absolute Gasteiger partial charge is 0.385 e. The summed E-state index contributed by atoms with van der Waals surface area (Å²) in [5, 5.41) is 3.41. The highest BCUT2D eigenvalue weighted by atomic mass is 14.9. The molecule has 1 aromatic carbocycles. The van der Waals surface area contributed by atoms with Crippen molar-refractivity contribution in [3.05, 3.63) is 42.4 Å². The molecule has 3 rings (SSSR count). The zero-order chi connectivity index (χ0) is 10.8. The van der Waals surface area contributed by atoms with Gasteiger partial charge in [0.15, 0.2) is 0 Å². The van der Waals surface area contributed by atoms with Crippen LogP contribution in [0.3, 0.4) is 0 Å². The molecule has 0 bridgehead atoms. The molecule has 3 nitrogen and oxygen atoms in total. The molecule has 1 aromatic heterocycles. The third-order valence-corrected chi connectivity index (χ3v) is 2.90. The third-order valence-electron chi connectivity index (χ3n) is 2.90. The van der Waals surface area contributed by atoms with Gasteiger partial charge in [-0.15, -0.1) is 0 Å². The quantitative estimate of drug-likeness (QED) is 0.787. The van der Waals surface area contributed by atoms with Crippen molar-refractivity contribution in [3.8, 4) is 11.3 Å². The number of rotatable bonds is 1. The number of hydrogen-bond acceptors (Lipinski definition) is 3. The van der Waals surface area contributed by atoms with Crippen molar-refractivity contribution in [2.75, 3.05) is 11.9 Å². The lowest BCUT2D eigenvalue weighted by molar-refractivity contribution is 0.830. The van der Waals surface area contributed by atoms with Crippen LogP contribution in [0.25, 0.3) is 11.3 Å². The predicted molar refractivity (Wildman–Crippen MR) is 64.3 cm³/mol. The molecule has 1 aliphatic rings. The molecule has 0 atom stereocenters. The maximum Gasteiger partial charge on any atom is 0.0885 e. The topological polar surface area (TPSA) is 37.8 Å². The van der Waals surface area contributed by atoms with Gasteiger partial charge in [-0.2, -0.15) is 0 Å². The first-order valence-electron chi connectivity index (χ1n) is 5.57. The molecule has 0 unspecified atom stereocenters. The summed E-state index contributed by atoms with van der Waals surface area (Å²) in [6.07, 6.45) is 7.59. The molecule has 80 valence electrons. The van der Waals surface area contributed by atoms with E-state index >= 15 is 0 Å². The summed E-state index contributed by atoms with van der Waals surface area (Å²) < 4.78 is 0. The van der Waals surface area contributed by atoms with Crippen molar-refractivity contribution in [1.29, 1.82) is 0 Å². The standard InChI is InChI=1S/C13H13N3/c1-2-10-8-11(3-4-12(10)15-5-1)13-9-14-6-7-16-13/h3-4,6-9,15H,1-2,5H2. The second kappa shape index (κ2) is 3.93. The van der Waals surface area contributed by atoms with Gasteiger partial charge in [-0.3, -0.25) is 9.97 Å². The lowest BCUT2D eigenvalue weighted by Crippen LogP contribution is -2.11. The minimum Gasteiger partial charge on any atom is -0.385 e. The van der Waals surface area contributed by atoms with Crippen LogP contribution in [0.5, 0.6) is 0 Å². The van der Waals surface area contributed by atoms with Crippen LogP contribution in [-0.4, -0.2) is 16.5 Å². The number of nitrogens with zero attached hydrogens (tertiary/aromatic N) is 2. The maximum absolute atomic E-state index is 4.31. The number of benzene rings is 1. The van der Waals surface area contributed by atoms with E-state index in [0.717, 1.165) is 24.2 Å². The van der Waals surface area contributed by atoms with Crippen molar-refractivity contribution < 1.29 is 0 Å². The minimum absolute atomic E-state index is 0.941. The second-order valence-corrected chi connectivity index (χ2v) is 3.99. The van der Waals surface area contributed by atoms with Gasteiger partial charge in [0, 0.05) is 30.2 Å². The number of anilines is 1. The number of aryl methyl sites for hydroxylation is 1. The Morgan fingerprint density at radius 3 is 3.06 bits per heavy atom. The van der Waals surface area contributed by atoms with Crippen LogP contribution in [0.4, 0.5) is 5.69 Å². The highest BCUT2D eigenvalue weighted by Crippen LogP contribution is 2.26. The fraction of sp³-hybridized carbons (Fsp3) is 0.231. The van der Waals surface area contributed by atoms with E-state index in [1.807, 2.05) is 0 Å². The van der Waals surface area contributed by atoms with Crippen molar-refractivity contribution in [2.24, 2.45) is 0 Å². The fourth-order valence-electron chi connectivity index (χ4n) is 2.08. The van der Waals surface area contributed by atoms with Crippen molar-refractivity contribution in [2.45, 2.75) is 12.8 Å². The Bertz CT molecular complexity index is 494. The third kappa shape index (κ3) is 1.65. The molecule has 16 heavy (non-hydrogen) atoms. The molecule has 0 aliphatic carbocycles. The summed E-state index contributed by atoms with van der Waals surface area (Å²) in [6.45, 7) is 1.08. The van der Waals surface area contributed by atoms with Gasteiger partial charge in [-0.05, 0) is 30.5 Å². The second-order valence-electron chi connectivity index (χ2n) is 3.99. The predicted octanol–water partition coefficient (Wildman–Crippen LogP) is 2.50. The van der Waals surface area contributed by atoms with Crippen LogP contribution in [0.1, 0.15) is 12.0 Å². The van der Waals surface area contributed by atoms with Gasteiger partial charge in [0.1, 0.15) is 0 Å². The van der Waals surface area contributed by atoms with Gasteiger partial charge < -0.3 is 5.32 Å². The Balaban J connectivity index is 2.03. The Kier molecular flexibility index (Phi) is 2.29. The average Bonchev–Trinajstić information content (AvgIpc) is 2.39. The average molecular weight is 211 g/mol. The smallest absolute Gasteiger partial charge is 0.0885 e. The highest BCUT2D eigenvalue weighted by Gasteiger charge is 2.09. The Labute approximate surface area is 94.6 Å². The number of fused-ring (bicyclic) bond motifs is 1. The van der Waals surface area contributed by atoms with Gasteiger partial charge >= 0.3 is 0 Å². The molecule has 0 saturated carbocycles. The molecular formula is C13H13N3. The molecule has 0 amide bonds. The van der Waals surface area contributed by atoms with E-state index in [-0.39, 0.29) is 0 Å². The Morgan fingerprint density at radius 1 is 1.19 bits per heavy atom. The first-order valence-corrected chi connectivity index (χ1v) is 5.57. The van der Waals surface area contributed by atoms with Gasteiger partial charge in [-0.1, -0.05) is 6.07 Å². The molecular weight excluding hydrogens is 198 g/mol. The number of hydrogen-bond donors (Lipinski definition) is 1. The fourth-order valence-corrected chi connectivity index (χ4v) is 2.08. The maximum atomic E-state index is 4.31. The van der Waals surface area contributed by atoms with E-state index in [4.69, 9.17) is 0 Å². The zero-order valence-electron chi connectivity index (χ0n) is 8.98. The first-order chi connectivity index (χ1) is 7.93. The normalized spacial score (nSPS) is 14.0. The molecule has 1 N–H and O–H groups in total. The molecule has 3 heteroatoms. The number of nitrogens with one attached hydrogen (secondary N) is 1. The first kappa shape index (κ1) is 9.33. The van der Waals surface area contributed by atoms with Crippen LogP contribution >= 0.6 is 0 Å². The van der Waals surface area contributed by atoms with Crippen LogP contribution in [0.2, 0.25) is 0 Å². The molecule has 0 radical (unpaired) electrons. The number of aromatic nitrogens is 2. The lowest BCUT2D eigenvalue weighted by Gasteiger charge is -2.18. The summed E-state index contributed by atoms with van der Waals surface area (Å²) in [4.78, 5) is 8.41. The monoisotopic (exact) mass is 211 g/mol. The SMILES string of the molecule is c1cnc(-c2ccc3c(c2)CCCN3)cn1. The zero-order valence-corrected chi connectivity index (χ0v) is 8.98. The van der Waals surface area contributed by atoms with Crippen molar-refractivity contribution in [3.63, 3.8) is 0 Å². The van der Waals surface area contributed by atoms with Gasteiger partial charge in [0.2, 0.25) is 0 Å². The Morgan fingerprint density at radius 2 is 2.19 bits per heavy atom. The van der Waals surface area contributed by atoms with Crippen molar-refractivity contribution >= 4 is 5.69 Å². The summed E-state index contributed by atoms with van der Waals surface area (Å²) in [7, 11) is 0. The van der Waals surface area contributed by atoms with Gasteiger partial charge in [0.05, 0.1) is 11.9 Å². The van der Waals surface area contributed by atoms with Crippen LogP contribution in [-0.2, 0) is 6.42 Å². The summed E-state index contributed by atoms with van der Waals surface area (Å²) >= 11 is 0. The van der Waals surface area contributed by atoms with Gasteiger partial charge in [0.25, 0.3) is 0 Å². The van der Waals surface area contributed by atoms with E-state index in [9.17, 15) is 0 Å². The molecule has 2 heterocycles. The van der Waals surface area contributed by atoms with E-state index < -0.39 is 0 Å². The highest BCUT2D eigenvalue weighted by molar-refractivity contribution is 5.66. The van der Waals surface area contributed by atoms with Crippen molar-refractivity contribution in [1.82, 2.24) is 9.97 Å². The Hall–Kier alpha value is -1.90. The van der Waals surface area contributed by atoms with E-state index in [2.05, 4.69) is 33.5 Å². The molecule has 0 saturated heterocycles. The van der Waals surface area contributed by atoms with E-state index in [1.165, 1.54) is 17.7 Å². The molecule has 2 aromatic rings.